The van der Waals surface area contributed by atoms with Gasteiger partial charge in [0.1, 0.15) is 5.82 Å². The highest BCUT2D eigenvalue weighted by Gasteiger charge is 2.11. The van der Waals surface area contributed by atoms with Crippen LogP contribution in [0.1, 0.15) is 30.0 Å². The summed E-state index contributed by atoms with van der Waals surface area (Å²) in [6.07, 6.45) is 0.652. The van der Waals surface area contributed by atoms with E-state index in [9.17, 15) is 4.79 Å². The van der Waals surface area contributed by atoms with Gasteiger partial charge in [0.05, 0.1) is 0 Å². The molecule has 3 aromatic rings. The van der Waals surface area contributed by atoms with Gasteiger partial charge in [-0.3, -0.25) is 4.79 Å². The van der Waals surface area contributed by atoms with Crippen LogP contribution in [-0.2, 0) is 13.5 Å². The minimum Gasteiger partial charge on any atom is -0.352 e. The van der Waals surface area contributed by atoms with E-state index in [-0.39, 0.29) is 5.91 Å². The van der Waals surface area contributed by atoms with Gasteiger partial charge in [0.2, 0.25) is 0 Å². The number of amides is 1. The lowest BCUT2D eigenvalue weighted by Crippen LogP contribution is -2.26. The van der Waals surface area contributed by atoms with E-state index in [0.29, 0.717) is 24.4 Å². The van der Waals surface area contributed by atoms with Crippen molar-refractivity contribution in [2.45, 2.75) is 25.4 Å². The van der Waals surface area contributed by atoms with E-state index in [2.05, 4.69) is 41.5 Å². The highest BCUT2D eigenvalue weighted by Crippen LogP contribution is 2.20. The number of thioether (sulfide) groups is 1. The van der Waals surface area contributed by atoms with Crippen molar-refractivity contribution in [2.75, 3.05) is 12.3 Å². The Hall–Kier alpha value is -2.60. The van der Waals surface area contributed by atoms with Crippen LogP contribution in [0, 0.1) is 5.92 Å². The van der Waals surface area contributed by atoms with Crippen LogP contribution in [-0.4, -0.2) is 33.0 Å². The van der Waals surface area contributed by atoms with E-state index in [4.69, 9.17) is 0 Å². The SMILES string of the molecule is CC(C)CSc1nnc(CCNC(=O)c2ccc(-c3ccccc3)cc2)n1C. The second-order valence-electron chi connectivity index (χ2n) is 7.11. The Morgan fingerprint density at radius 3 is 2.39 bits per heavy atom. The van der Waals surface area contributed by atoms with Crippen molar-refractivity contribution in [2.24, 2.45) is 13.0 Å². The molecule has 0 atom stereocenters. The Morgan fingerprint density at radius 2 is 1.71 bits per heavy atom. The number of aromatic nitrogens is 3. The number of carbonyl (C=O) groups excluding carboxylic acids is 1. The van der Waals surface area contributed by atoms with E-state index in [1.54, 1.807) is 11.8 Å². The van der Waals surface area contributed by atoms with Crippen molar-refractivity contribution in [1.29, 1.82) is 0 Å². The second kappa shape index (κ2) is 9.55. The Labute approximate surface area is 170 Å². The predicted molar refractivity (Wildman–Crippen MR) is 114 cm³/mol. The van der Waals surface area contributed by atoms with Crippen molar-refractivity contribution in [1.82, 2.24) is 20.1 Å². The molecule has 146 valence electrons. The molecule has 2 aromatic carbocycles. The maximum Gasteiger partial charge on any atom is 0.251 e. The Balaban J connectivity index is 1.52. The monoisotopic (exact) mass is 394 g/mol. The van der Waals surface area contributed by atoms with Crippen LogP contribution in [0.25, 0.3) is 11.1 Å². The minimum absolute atomic E-state index is 0.0730. The molecule has 0 saturated heterocycles. The fraction of sp³-hybridized carbons (Fsp3) is 0.318. The average molecular weight is 395 g/mol. The van der Waals surface area contributed by atoms with Crippen molar-refractivity contribution in [3.63, 3.8) is 0 Å². The zero-order valence-corrected chi connectivity index (χ0v) is 17.4. The van der Waals surface area contributed by atoms with E-state index in [1.165, 1.54) is 0 Å². The number of hydrogen-bond acceptors (Lipinski definition) is 4. The maximum atomic E-state index is 12.4. The highest BCUT2D eigenvalue weighted by atomic mass is 32.2. The van der Waals surface area contributed by atoms with Crippen molar-refractivity contribution >= 4 is 17.7 Å². The molecule has 3 rings (SSSR count). The van der Waals surface area contributed by atoms with Gasteiger partial charge in [-0.05, 0) is 29.2 Å². The van der Waals surface area contributed by atoms with Gasteiger partial charge in [-0.1, -0.05) is 68.1 Å². The van der Waals surface area contributed by atoms with Crippen LogP contribution in [0.15, 0.2) is 59.8 Å². The molecular formula is C22H26N4OS. The Bertz CT molecular complexity index is 904. The van der Waals surface area contributed by atoms with E-state index >= 15 is 0 Å². The van der Waals surface area contributed by atoms with Crippen molar-refractivity contribution < 1.29 is 4.79 Å². The highest BCUT2D eigenvalue weighted by molar-refractivity contribution is 7.99. The molecule has 28 heavy (non-hydrogen) atoms. The van der Waals surface area contributed by atoms with E-state index in [0.717, 1.165) is 27.9 Å². The number of rotatable bonds is 8. The van der Waals surface area contributed by atoms with Crippen LogP contribution in [0.5, 0.6) is 0 Å². The fourth-order valence-electron chi connectivity index (χ4n) is 2.76. The van der Waals surface area contributed by atoms with Gasteiger partial charge in [0, 0.05) is 31.3 Å². The molecule has 1 heterocycles. The lowest BCUT2D eigenvalue weighted by Gasteiger charge is -2.07. The maximum absolute atomic E-state index is 12.4. The van der Waals surface area contributed by atoms with Crippen molar-refractivity contribution in [3.05, 3.63) is 66.0 Å². The van der Waals surface area contributed by atoms with Crippen molar-refractivity contribution in [3.8, 4) is 11.1 Å². The van der Waals surface area contributed by atoms with Crippen LogP contribution in [0.4, 0.5) is 0 Å². The quantitative estimate of drug-likeness (QED) is 0.582. The van der Waals surface area contributed by atoms with Crippen LogP contribution in [0.2, 0.25) is 0 Å². The summed E-state index contributed by atoms with van der Waals surface area (Å²) in [4.78, 5) is 12.4. The Morgan fingerprint density at radius 1 is 1.04 bits per heavy atom. The molecule has 0 radical (unpaired) electrons. The van der Waals surface area contributed by atoms with E-state index in [1.807, 2.05) is 54.1 Å². The molecule has 0 aliphatic heterocycles. The van der Waals surface area contributed by atoms with Gasteiger partial charge in [-0.2, -0.15) is 0 Å². The third kappa shape index (κ3) is 5.23. The number of hydrogen-bond donors (Lipinski definition) is 1. The molecule has 0 aliphatic rings. The molecule has 1 amide bonds. The standard InChI is InChI=1S/C22H26N4OS/c1-16(2)15-28-22-25-24-20(26(22)3)13-14-23-21(27)19-11-9-18(10-12-19)17-7-5-4-6-8-17/h4-12,16H,13-15H2,1-3H3,(H,23,27). The van der Waals surface area contributed by atoms with Gasteiger partial charge >= 0.3 is 0 Å². The predicted octanol–water partition coefficient (Wildman–Crippen LogP) is 4.20. The number of benzene rings is 2. The molecule has 0 bridgehead atoms. The van der Waals surface area contributed by atoms with Crippen LogP contribution < -0.4 is 5.32 Å². The van der Waals surface area contributed by atoms with Gasteiger partial charge < -0.3 is 9.88 Å². The third-order valence-electron chi connectivity index (χ3n) is 4.36. The summed E-state index contributed by atoms with van der Waals surface area (Å²) in [6.45, 7) is 4.90. The first kappa shape index (κ1) is 20.1. The topological polar surface area (TPSA) is 59.8 Å². The molecule has 5 nitrogen and oxygen atoms in total. The van der Waals surface area contributed by atoms with Gasteiger partial charge in [-0.25, -0.2) is 0 Å². The number of carbonyl (C=O) groups is 1. The largest absolute Gasteiger partial charge is 0.352 e. The third-order valence-corrected chi connectivity index (χ3v) is 5.81. The zero-order chi connectivity index (χ0) is 19.9. The van der Waals surface area contributed by atoms with Crippen LogP contribution >= 0.6 is 11.8 Å². The summed E-state index contributed by atoms with van der Waals surface area (Å²) >= 11 is 1.71. The van der Waals surface area contributed by atoms with Gasteiger partial charge in [-0.15, -0.1) is 10.2 Å². The summed E-state index contributed by atoms with van der Waals surface area (Å²) in [5.74, 6) is 2.43. The molecular weight excluding hydrogens is 368 g/mol. The average Bonchev–Trinajstić information content (AvgIpc) is 3.07. The molecule has 1 N–H and O–H groups in total. The summed E-state index contributed by atoms with van der Waals surface area (Å²) < 4.78 is 2.01. The summed E-state index contributed by atoms with van der Waals surface area (Å²) in [6, 6.07) is 17.8. The molecule has 0 saturated carbocycles. The van der Waals surface area contributed by atoms with Crippen LogP contribution in [0.3, 0.4) is 0 Å². The Kier molecular flexibility index (Phi) is 6.87. The second-order valence-corrected chi connectivity index (χ2v) is 8.10. The molecule has 0 fully saturated rings. The fourth-order valence-corrected chi connectivity index (χ4v) is 3.64. The van der Waals surface area contributed by atoms with Gasteiger partial charge in [0.25, 0.3) is 5.91 Å². The summed E-state index contributed by atoms with van der Waals surface area (Å²) in [5, 5.41) is 12.4. The molecule has 1 aromatic heterocycles. The molecule has 0 unspecified atom stereocenters. The first-order chi connectivity index (χ1) is 13.5. The van der Waals surface area contributed by atoms with E-state index < -0.39 is 0 Å². The van der Waals surface area contributed by atoms with Gasteiger partial charge in [0.15, 0.2) is 5.16 Å². The molecule has 6 heteroatoms. The number of nitrogens with one attached hydrogen (secondary N) is 1. The summed E-state index contributed by atoms with van der Waals surface area (Å²) in [7, 11) is 1.97. The first-order valence-electron chi connectivity index (χ1n) is 9.49. The summed E-state index contributed by atoms with van der Waals surface area (Å²) in [5.41, 5.74) is 2.90. The first-order valence-corrected chi connectivity index (χ1v) is 10.5. The normalized spacial score (nSPS) is 11.0. The molecule has 0 spiro atoms. The lowest BCUT2D eigenvalue weighted by molar-refractivity contribution is 0.0954. The molecule has 0 aliphatic carbocycles. The number of nitrogens with zero attached hydrogens (tertiary/aromatic N) is 3. The lowest BCUT2D eigenvalue weighted by atomic mass is 10.0. The smallest absolute Gasteiger partial charge is 0.251 e. The minimum atomic E-state index is -0.0730. The zero-order valence-electron chi connectivity index (χ0n) is 16.6.